The lowest BCUT2D eigenvalue weighted by Crippen LogP contribution is -2.50. The van der Waals surface area contributed by atoms with E-state index in [1.165, 1.54) is 4.88 Å². The van der Waals surface area contributed by atoms with Gasteiger partial charge in [0.2, 0.25) is 5.91 Å². The van der Waals surface area contributed by atoms with E-state index in [-0.39, 0.29) is 5.91 Å². The minimum absolute atomic E-state index is 0.0957. The van der Waals surface area contributed by atoms with Crippen LogP contribution >= 0.6 is 22.9 Å². The molecule has 1 aromatic heterocycles. The highest BCUT2D eigenvalue weighted by Crippen LogP contribution is 2.29. The van der Waals surface area contributed by atoms with Gasteiger partial charge in [-0.3, -0.25) is 9.69 Å². The second-order valence-corrected chi connectivity index (χ2v) is 6.93. The summed E-state index contributed by atoms with van der Waals surface area (Å²) >= 11 is 7.52. The van der Waals surface area contributed by atoms with Gasteiger partial charge in [0.05, 0.1) is 23.7 Å². The summed E-state index contributed by atoms with van der Waals surface area (Å²) in [5.41, 5.74) is 0.841. The number of rotatable bonds is 4. The van der Waals surface area contributed by atoms with Crippen molar-refractivity contribution in [3.05, 3.63) is 45.6 Å². The number of amides is 1. The minimum Gasteiger partial charge on any atom is -0.495 e. The molecule has 0 bridgehead atoms. The van der Waals surface area contributed by atoms with Gasteiger partial charge in [-0.2, -0.15) is 0 Å². The van der Waals surface area contributed by atoms with Crippen LogP contribution in [0.3, 0.4) is 0 Å². The molecule has 1 aromatic carbocycles. The van der Waals surface area contributed by atoms with E-state index < -0.39 is 0 Å². The molecule has 1 fully saturated rings. The van der Waals surface area contributed by atoms with E-state index >= 15 is 0 Å². The summed E-state index contributed by atoms with van der Waals surface area (Å²) < 4.78 is 6.14. The highest BCUT2D eigenvalue weighted by atomic mass is 35.5. The first-order valence-corrected chi connectivity index (χ1v) is 8.27. The molecule has 0 spiro atoms. The van der Waals surface area contributed by atoms with Gasteiger partial charge in [0.15, 0.2) is 0 Å². The van der Waals surface area contributed by atoms with E-state index in [0.29, 0.717) is 13.1 Å². The minimum atomic E-state index is 0.0957. The molecule has 1 aliphatic rings. The summed E-state index contributed by atoms with van der Waals surface area (Å²) in [7, 11) is 1.63. The Bertz CT molecular complexity index is 674. The molecule has 1 saturated heterocycles. The highest BCUT2D eigenvalue weighted by Gasteiger charge is 2.26. The standard InChI is InChI=1S/C16H17ClN2O2S/c1-21-14-5-3-2-4-13(14)19-9-8-18(11-16(19)20)10-12-6-7-15(17)22-12/h2-7H,8-11H2,1H3. The van der Waals surface area contributed by atoms with Crippen LogP contribution in [0.25, 0.3) is 0 Å². The number of nitrogens with zero attached hydrogens (tertiary/aromatic N) is 2. The molecule has 1 amide bonds. The van der Waals surface area contributed by atoms with Gasteiger partial charge in [0.1, 0.15) is 5.75 Å². The summed E-state index contributed by atoms with van der Waals surface area (Å²) in [6, 6.07) is 11.5. The lowest BCUT2D eigenvalue weighted by Gasteiger charge is -2.34. The molecule has 0 atom stereocenters. The molecule has 4 nitrogen and oxygen atoms in total. The molecule has 0 N–H and O–H groups in total. The number of para-hydroxylation sites is 2. The van der Waals surface area contributed by atoms with Crippen molar-refractivity contribution in [2.45, 2.75) is 6.54 Å². The molecular formula is C16H17ClN2O2S. The summed E-state index contributed by atoms with van der Waals surface area (Å²) in [6.07, 6.45) is 0. The van der Waals surface area contributed by atoms with Gasteiger partial charge in [-0.25, -0.2) is 0 Å². The largest absolute Gasteiger partial charge is 0.495 e. The van der Waals surface area contributed by atoms with Crippen LogP contribution in [0.1, 0.15) is 4.88 Å². The fourth-order valence-corrected chi connectivity index (χ4v) is 3.75. The number of hydrogen-bond acceptors (Lipinski definition) is 4. The number of carbonyl (C=O) groups is 1. The van der Waals surface area contributed by atoms with Gasteiger partial charge in [0.25, 0.3) is 0 Å². The number of hydrogen-bond donors (Lipinski definition) is 0. The molecule has 0 saturated carbocycles. The SMILES string of the molecule is COc1ccccc1N1CCN(Cc2ccc(Cl)s2)CC1=O. The van der Waals surface area contributed by atoms with Gasteiger partial charge in [-0.15, -0.1) is 11.3 Å². The van der Waals surface area contributed by atoms with Gasteiger partial charge in [-0.05, 0) is 24.3 Å². The second kappa shape index (κ2) is 6.69. The van der Waals surface area contributed by atoms with Crippen molar-refractivity contribution in [1.82, 2.24) is 4.90 Å². The number of benzene rings is 1. The van der Waals surface area contributed by atoms with Crippen LogP contribution in [0.15, 0.2) is 36.4 Å². The Morgan fingerprint density at radius 2 is 2.05 bits per heavy atom. The molecule has 116 valence electrons. The quantitative estimate of drug-likeness (QED) is 0.859. The molecule has 0 unspecified atom stereocenters. The number of carbonyl (C=O) groups excluding carboxylic acids is 1. The van der Waals surface area contributed by atoms with Crippen LogP contribution in [-0.2, 0) is 11.3 Å². The van der Waals surface area contributed by atoms with Gasteiger partial charge < -0.3 is 9.64 Å². The first-order valence-electron chi connectivity index (χ1n) is 7.07. The van der Waals surface area contributed by atoms with Crippen LogP contribution in [0.5, 0.6) is 5.75 Å². The Kier molecular flexibility index (Phi) is 4.66. The summed E-state index contributed by atoms with van der Waals surface area (Å²) in [4.78, 5) is 17.6. The average molecular weight is 337 g/mol. The van der Waals surface area contributed by atoms with Crippen LogP contribution in [0.2, 0.25) is 4.34 Å². The smallest absolute Gasteiger partial charge is 0.241 e. The van der Waals surface area contributed by atoms with E-state index in [1.54, 1.807) is 23.3 Å². The number of piperazine rings is 1. The van der Waals surface area contributed by atoms with Crippen LogP contribution in [0, 0.1) is 0 Å². The van der Waals surface area contributed by atoms with E-state index in [2.05, 4.69) is 4.90 Å². The highest BCUT2D eigenvalue weighted by molar-refractivity contribution is 7.16. The molecule has 22 heavy (non-hydrogen) atoms. The van der Waals surface area contributed by atoms with Gasteiger partial charge in [-0.1, -0.05) is 23.7 Å². The third-order valence-corrected chi connectivity index (χ3v) is 4.90. The number of methoxy groups -OCH3 is 1. The van der Waals surface area contributed by atoms with E-state index in [0.717, 1.165) is 28.9 Å². The predicted molar refractivity (Wildman–Crippen MR) is 90.0 cm³/mol. The Morgan fingerprint density at radius 3 is 2.73 bits per heavy atom. The van der Waals surface area contributed by atoms with Crippen molar-refractivity contribution in [2.24, 2.45) is 0 Å². The van der Waals surface area contributed by atoms with Crippen molar-refractivity contribution in [2.75, 3.05) is 31.6 Å². The zero-order chi connectivity index (χ0) is 15.5. The van der Waals surface area contributed by atoms with Crippen molar-refractivity contribution < 1.29 is 9.53 Å². The maximum Gasteiger partial charge on any atom is 0.241 e. The number of thiophene rings is 1. The summed E-state index contributed by atoms with van der Waals surface area (Å²) in [6.45, 7) is 2.67. The molecule has 0 radical (unpaired) electrons. The predicted octanol–water partition coefficient (Wildman–Crippen LogP) is 3.26. The number of halogens is 1. The van der Waals surface area contributed by atoms with E-state index in [4.69, 9.17) is 16.3 Å². The second-order valence-electron chi connectivity index (χ2n) is 5.13. The fourth-order valence-electron chi connectivity index (χ4n) is 2.62. The molecular weight excluding hydrogens is 320 g/mol. The van der Waals surface area contributed by atoms with Crippen molar-refractivity contribution in [1.29, 1.82) is 0 Å². The Morgan fingerprint density at radius 1 is 1.23 bits per heavy atom. The van der Waals surface area contributed by atoms with Gasteiger partial charge in [0, 0.05) is 24.5 Å². The Balaban J connectivity index is 1.68. The Labute approximate surface area is 138 Å². The normalized spacial score (nSPS) is 16.1. The topological polar surface area (TPSA) is 32.8 Å². The first kappa shape index (κ1) is 15.3. The fraction of sp³-hybridized carbons (Fsp3) is 0.312. The monoisotopic (exact) mass is 336 g/mol. The maximum atomic E-state index is 12.5. The molecule has 6 heteroatoms. The van der Waals surface area contributed by atoms with E-state index in [9.17, 15) is 4.79 Å². The van der Waals surface area contributed by atoms with Crippen molar-refractivity contribution in [3.63, 3.8) is 0 Å². The summed E-state index contributed by atoms with van der Waals surface area (Å²) in [5.74, 6) is 0.827. The maximum absolute atomic E-state index is 12.5. The molecule has 2 heterocycles. The zero-order valence-electron chi connectivity index (χ0n) is 12.3. The third kappa shape index (κ3) is 3.27. The Hall–Kier alpha value is -1.56. The molecule has 2 aromatic rings. The van der Waals surface area contributed by atoms with Crippen LogP contribution in [-0.4, -0.2) is 37.6 Å². The molecule has 1 aliphatic heterocycles. The van der Waals surface area contributed by atoms with E-state index in [1.807, 2.05) is 36.4 Å². The van der Waals surface area contributed by atoms with Crippen LogP contribution < -0.4 is 9.64 Å². The number of anilines is 1. The van der Waals surface area contributed by atoms with Crippen molar-refractivity contribution in [3.8, 4) is 5.75 Å². The zero-order valence-corrected chi connectivity index (χ0v) is 13.9. The first-order chi connectivity index (χ1) is 10.7. The lowest BCUT2D eigenvalue weighted by atomic mass is 10.2. The average Bonchev–Trinajstić information content (AvgIpc) is 2.92. The van der Waals surface area contributed by atoms with Crippen LogP contribution in [0.4, 0.5) is 5.69 Å². The lowest BCUT2D eigenvalue weighted by molar-refractivity contribution is -0.121. The molecule has 3 rings (SSSR count). The number of ether oxygens (including phenoxy) is 1. The van der Waals surface area contributed by atoms with Gasteiger partial charge >= 0.3 is 0 Å². The summed E-state index contributed by atoms with van der Waals surface area (Å²) in [5, 5.41) is 0. The van der Waals surface area contributed by atoms with Crippen molar-refractivity contribution >= 4 is 34.5 Å². The molecule has 0 aliphatic carbocycles. The third-order valence-electron chi connectivity index (χ3n) is 3.68.